The van der Waals surface area contributed by atoms with E-state index in [1.165, 1.54) is 23.1 Å². The highest BCUT2D eigenvalue weighted by Gasteiger charge is 2.26. The number of aliphatic imine (C=N–C) groups is 1. The third-order valence-electron chi connectivity index (χ3n) is 3.86. The van der Waals surface area contributed by atoms with Crippen LogP contribution in [0.5, 0.6) is 0 Å². The molecule has 0 saturated carbocycles. The number of hydrogen-bond donors (Lipinski definition) is 1. The summed E-state index contributed by atoms with van der Waals surface area (Å²) in [5.74, 6) is -0.934. The van der Waals surface area contributed by atoms with Gasteiger partial charge in [0.2, 0.25) is 0 Å². The molecular weight excluding hydrogens is 320 g/mol. The van der Waals surface area contributed by atoms with Crippen molar-refractivity contribution in [1.82, 2.24) is 4.98 Å². The Labute approximate surface area is 144 Å². The van der Waals surface area contributed by atoms with Crippen molar-refractivity contribution in [3.8, 4) is 0 Å². The summed E-state index contributed by atoms with van der Waals surface area (Å²) in [5, 5.41) is 9.72. The van der Waals surface area contributed by atoms with E-state index in [9.17, 15) is 4.79 Å². The van der Waals surface area contributed by atoms with Crippen molar-refractivity contribution in [2.24, 2.45) is 4.99 Å². The SMILES string of the molecule is O=C(O)c1cnc(CC=NC2(Cc3ccccc3)C=CC=CC2)s1. The number of aromatic nitrogens is 1. The van der Waals surface area contributed by atoms with Gasteiger partial charge in [-0.25, -0.2) is 9.78 Å². The number of nitrogens with zero attached hydrogens (tertiary/aromatic N) is 2. The van der Waals surface area contributed by atoms with Gasteiger partial charge in [0, 0.05) is 19.1 Å². The van der Waals surface area contributed by atoms with Crippen LogP contribution in [0.15, 0.2) is 65.8 Å². The highest BCUT2D eigenvalue weighted by atomic mass is 32.1. The summed E-state index contributed by atoms with van der Waals surface area (Å²) in [7, 11) is 0. The van der Waals surface area contributed by atoms with Gasteiger partial charge in [0.15, 0.2) is 0 Å². The van der Waals surface area contributed by atoms with Gasteiger partial charge in [-0.3, -0.25) is 4.99 Å². The molecule has 1 aliphatic rings. The number of carbonyl (C=O) groups is 1. The molecule has 0 fully saturated rings. The van der Waals surface area contributed by atoms with E-state index >= 15 is 0 Å². The summed E-state index contributed by atoms with van der Waals surface area (Å²) in [4.78, 5) is 20.1. The van der Waals surface area contributed by atoms with Gasteiger partial charge in [-0.05, 0) is 12.0 Å². The van der Waals surface area contributed by atoms with Crippen LogP contribution in [-0.4, -0.2) is 27.8 Å². The first-order valence-corrected chi connectivity index (χ1v) is 8.58. The number of allylic oxidation sites excluding steroid dienone is 2. The topological polar surface area (TPSA) is 62.5 Å². The summed E-state index contributed by atoms with van der Waals surface area (Å²) in [6.07, 6.45) is 13.8. The fourth-order valence-electron chi connectivity index (χ4n) is 2.68. The Morgan fingerprint density at radius 1 is 1.33 bits per heavy atom. The predicted molar refractivity (Wildman–Crippen MR) is 97.0 cm³/mol. The second-order valence-corrected chi connectivity index (χ2v) is 6.81. The molecule has 0 saturated heterocycles. The second kappa shape index (κ2) is 7.36. The van der Waals surface area contributed by atoms with E-state index in [4.69, 9.17) is 10.1 Å². The van der Waals surface area contributed by atoms with Crippen molar-refractivity contribution in [2.45, 2.75) is 24.8 Å². The predicted octanol–water partition coefficient (Wildman–Crippen LogP) is 3.95. The van der Waals surface area contributed by atoms with Crippen LogP contribution < -0.4 is 0 Å². The molecule has 5 heteroatoms. The zero-order chi connectivity index (χ0) is 16.8. The molecule has 1 aromatic heterocycles. The molecule has 1 heterocycles. The summed E-state index contributed by atoms with van der Waals surface area (Å²) in [6, 6.07) is 10.3. The first kappa shape index (κ1) is 16.3. The zero-order valence-electron chi connectivity index (χ0n) is 13.1. The molecule has 4 nitrogen and oxygen atoms in total. The average Bonchev–Trinajstić information content (AvgIpc) is 3.06. The van der Waals surface area contributed by atoms with E-state index in [0.717, 1.165) is 17.8 Å². The lowest BCUT2D eigenvalue weighted by molar-refractivity contribution is 0.0702. The van der Waals surface area contributed by atoms with Gasteiger partial charge in [0.1, 0.15) is 4.88 Å². The fourth-order valence-corrected chi connectivity index (χ4v) is 3.39. The van der Waals surface area contributed by atoms with Gasteiger partial charge in [0.25, 0.3) is 0 Å². The van der Waals surface area contributed by atoms with Crippen LogP contribution in [0.3, 0.4) is 0 Å². The fraction of sp³-hybridized carbons (Fsp3) is 0.211. The Hall–Kier alpha value is -2.53. The third-order valence-corrected chi connectivity index (χ3v) is 4.86. The van der Waals surface area contributed by atoms with Crippen LogP contribution in [-0.2, 0) is 12.8 Å². The van der Waals surface area contributed by atoms with Crippen molar-refractivity contribution < 1.29 is 9.90 Å². The Kier molecular flexibility index (Phi) is 5.01. The zero-order valence-corrected chi connectivity index (χ0v) is 13.9. The maximum atomic E-state index is 10.9. The van der Waals surface area contributed by atoms with Gasteiger partial charge in [-0.15, -0.1) is 11.3 Å². The largest absolute Gasteiger partial charge is 0.477 e. The number of benzene rings is 1. The minimum Gasteiger partial charge on any atom is -0.477 e. The van der Waals surface area contributed by atoms with Crippen LogP contribution in [0.2, 0.25) is 0 Å². The molecule has 24 heavy (non-hydrogen) atoms. The van der Waals surface area contributed by atoms with E-state index < -0.39 is 5.97 Å². The van der Waals surface area contributed by atoms with Crippen molar-refractivity contribution in [2.75, 3.05) is 0 Å². The molecule has 1 atom stereocenters. The average molecular weight is 338 g/mol. The highest BCUT2D eigenvalue weighted by Crippen LogP contribution is 2.27. The van der Waals surface area contributed by atoms with Crippen LogP contribution in [0, 0.1) is 0 Å². The molecule has 0 spiro atoms. The van der Waals surface area contributed by atoms with E-state index in [1.807, 2.05) is 36.6 Å². The molecule has 122 valence electrons. The minimum atomic E-state index is -0.934. The second-order valence-electron chi connectivity index (χ2n) is 5.70. The van der Waals surface area contributed by atoms with Crippen LogP contribution in [0.4, 0.5) is 0 Å². The van der Waals surface area contributed by atoms with Crippen molar-refractivity contribution in [1.29, 1.82) is 0 Å². The maximum Gasteiger partial charge on any atom is 0.347 e. The summed E-state index contributed by atoms with van der Waals surface area (Å²) in [5.41, 5.74) is 0.972. The normalized spacial score (nSPS) is 19.8. The van der Waals surface area contributed by atoms with E-state index in [-0.39, 0.29) is 10.4 Å². The Bertz CT molecular complexity index is 793. The molecular formula is C19H18N2O2S. The lowest BCUT2D eigenvalue weighted by atomic mass is 9.85. The molecule has 0 amide bonds. The summed E-state index contributed by atoms with van der Waals surface area (Å²) < 4.78 is 0. The maximum absolute atomic E-state index is 10.9. The number of hydrogen-bond acceptors (Lipinski definition) is 4. The molecule has 2 aromatic rings. The van der Waals surface area contributed by atoms with Crippen molar-refractivity contribution in [3.05, 3.63) is 76.3 Å². The number of carboxylic acids is 1. The molecule has 0 aliphatic heterocycles. The first-order chi connectivity index (χ1) is 11.7. The van der Waals surface area contributed by atoms with Gasteiger partial charge in [0.05, 0.1) is 16.7 Å². The number of rotatable bonds is 6. The Morgan fingerprint density at radius 2 is 2.17 bits per heavy atom. The molecule has 0 bridgehead atoms. The van der Waals surface area contributed by atoms with Gasteiger partial charge in [-0.2, -0.15) is 0 Å². The Balaban J connectivity index is 1.73. The molecule has 1 unspecified atom stereocenters. The quantitative estimate of drug-likeness (QED) is 0.811. The standard InChI is InChI=1S/C19H18N2O2S/c22-18(23)16-14-20-17(24-16)9-12-21-19(10-5-2-6-11-19)13-15-7-3-1-4-8-15/h1-8,10,12,14H,9,11,13H2,(H,22,23). The van der Waals surface area contributed by atoms with Crippen LogP contribution >= 0.6 is 11.3 Å². The van der Waals surface area contributed by atoms with E-state index in [1.54, 1.807) is 0 Å². The van der Waals surface area contributed by atoms with E-state index in [2.05, 4.69) is 29.3 Å². The number of aromatic carboxylic acids is 1. The van der Waals surface area contributed by atoms with Gasteiger partial charge < -0.3 is 5.11 Å². The number of thiazole rings is 1. The highest BCUT2D eigenvalue weighted by molar-refractivity contribution is 7.13. The third kappa shape index (κ3) is 4.06. The molecule has 1 N–H and O–H groups in total. The molecule has 3 rings (SSSR count). The van der Waals surface area contributed by atoms with Crippen LogP contribution in [0.25, 0.3) is 0 Å². The lowest BCUT2D eigenvalue weighted by Crippen LogP contribution is -2.27. The smallest absolute Gasteiger partial charge is 0.347 e. The number of carboxylic acid groups (broad SMARTS) is 1. The first-order valence-electron chi connectivity index (χ1n) is 7.77. The molecule has 1 aliphatic carbocycles. The minimum absolute atomic E-state index is 0.262. The van der Waals surface area contributed by atoms with E-state index in [0.29, 0.717) is 6.42 Å². The van der Waals surface area contributed by atoms with Gasteiger partial charge >= 0.3 is 5.97 Å². The van der Waals surface area contributed by atoms with Crippen molar-refractivity contribution >= 4 is 23.5 Å². The molecule has 1 aromatic carbocycles. The summed E-state index contributed by atoms with van der Waals surface area (Å²) >= 11 is 1.20. The lowest BCUT2D eigenvalue weighted by Gasteiger charge is -2.27. The molecule has 0 radical (unpaired) electrons. The summed E-state index contributed by atoms with van der Waals surface area (Å²) in [6.45, 7) is 0. The van der Waals surface area contributed by atoms with Crippen LogP contribution in [0.1, 0.15) is 26.7 Å². The van der Waals surface area contributed by atoms with Gasteiger partial charge in [-0.1, -0.05) is 54.6 Å². The van der Waals surface area contributed by atoms with Crippen molar-refractivity contribution in [3.63, 3.8) is 0 Å². The monoisotopic (exact) mass is 338 g/mol. The Morgan fingerprint density at radius 3 is 2.83 bits per heavy atom.